The Morgan fingerprint density at radius 2 is 0.947 bits per heavy atom. The highest BCUT2D eigenvalue weighted by molar-refractivity contribution is 7.59. The molecule has 0 aromatic rings. The predicted octanol–water partition coefficient (Wildman–Crippen LogP) is 5.04. The molecule has 0 spiro atoms. The molecular weight excluding hydrogens is 777 g/mol. The van der Waals surface area contributed by atoms with Crippen LogP contribution in [0.25, 0.3) is 0 Å². The predicted molar refractivity (Wildman–Crippen MR) is 231 cm³/mol. The van der Waals surface area contributed by atoms with Gasteiger partial charge in [0.15, 0.2) is 0 Å². The first-order valence-electron chi connectivity index (χ1n) is 20.9. The van der Waals surface area contributed by atoms with Crippen LogP contribution in [0.2, 0.25) is 0 Å². The van der Waals surface area contributed by atoms with Crippen molar-refractivity contribution in [2.75, 3.05) is 52.7 Å². The summed E-state index contributed by atoms with van der Waals surface area (Å²) < 4.78 is 16.5. The van der Waals surface area contributed by atoms with E-state index in [4.69, 9.17) is 25.1 Å². The van der Waals surface area contributed by atoms with Crippen molar-refractivity contribution in [2.45, 2.75) is 167 Å². The SMILES string of the molecule is CCCCCCCCCCCCCC(=O)N[C@@H](CCC(=O)NCCCOCCOCCOCCCNC(=O)CCC(=O)CCCCC[C@H](N)C(=O)O)C(=O)O.S.S. The molecule has 0 radical (unpaired) electrons. The van der Waals surface area contributed by atoms with E-state index in [1.165, 1.54) is 51.4 Å². The van der Waals surface area contributed by atoms with Crippen molar-refractivity contribution in [3.63, 3.8) is 0 Å². The number of carbonyl (C=O) groups excluding carboxylic acids is 4. The van der Waals surface area contributed by atoms with Crippen molar-refractivity contribution in [1.29, 1.82) is 0 Å². The van der Waals surface area contributed by atoms with Gasteiger partial charge in [-0.05, 0) is 38.5 Å². The monoisotopic (exact) mass is 855 g/mol. The summed E-state index contributed by atoms with van der Waals surface area (Å²) in [5.41, 5.74) is 5.45. The Morgan fingerprint density at radius 3 is 1.46 bits per heavy atom. The molecular formula is C40H78N4O11S2. The van der Waals surface area contributed by atoms with Gasteiger partial charge in [-0.15, -0.1) is 0 Å². The lowest BCUT2D eigenvalue weighted by Gasteiger charge is -2.14. The Bertz CT molecular complexity index is 1040. The third kappa shape index (κ3) is 41.5. The van der Waals surface area contributed by atoms with Gasteiger partial charge in [-0.3, -0.25) is 24.0 Å². The quantitative estimate of drug-likeness (QED) is 0.0445. The van der Waals surface area contributed by atoms with Gasteiger partial charge in [0.1, 0.15) is 17.9 Å². The number of Topliss-reactive ketones (excluding diaryl/α,β-unsaturated/α-hetero) is 1. The Balaban J connectivity index is -0.0000146. The van der Waals surface area contributed by atoms with Crippen molar-refractivity contribution in [3.8, 4) is 0 Å². The lowest BCUT2D eigenvalue weighted by molar-refractivity contribution is -0.142. The molecule has 336 valence electrons. The van der Waals surface area contributed by atoms with Crippen LogP contribution in [0.1, 0.15) is 155 Å². The second kappa shape index (κ2) is 43.1. The second-order valence-corrected chi connectivity index (χ2v) is 14.1. The number of hydrogen-bond donors (Lipinski definition) is 6. The minimum absolute atomic E-state index is 0. The van der Waals surface area contributed by atoms with E-state index >= 15 is 0 Å². The van der Waals surface area contributed by atoms with Gasteiger partial charge < -0.3 is 46.1 Å². The van der Waals surface area contributed by atoms with Gasteiger partial charge in [0.05, 0.1) is 26.4 Å². The average Bonchev–Trinajstić information content (AvgIpc) is 3.15. The minimum atomic E-state index is -1.14. The Kier molecular flexibility index (Phi) is 44.6. The molecule has 0 bridgehead atoms. The van der Waals surface area contributed by atoms with Gasteiger partial charge in [-0.25, -0.2) is 4.79 Å². The summed E-state index contributed by atoms with van der Waals surface area (Å²) in [5.74, 6) is -2.88. The number of ether oxygens (including phenoxy) is 3. The third-order valence-electron chi connectivity index (χ3n) is 9.04. The van der Waals surface area contributed by atoms with Crippen LogP contribution in [0.15, 0.2) is 0 Å². The van der Waals surface area contributed by atoms with Crippen LogP contribution >= 0.6 is 27.0 Å². The third-order valence-corrected chi connectivity index (χ3v) is 9.04. The lowest BCUT2D eigenvalue weighted by Crippen LogP contribution is -2.41. The molecule has 0 saturated carbocycles. The van der Waals surface area contributed by atoms with Gasteiger partial charge in [0.25, 0.3) is 0 Å². The maximum Gasteiger partial charge on any atom is 0.326 e. The van der Waals surface area contributed by atoms with Crippen molar-refractivity contribution in [2.24, 2.45) is 5.73 Å². The molecule has 17 heteroatoms. The summed E-state index contributed by atoms with van der Waals surface area (Å²) in [4.78, 5) is 70.6. The number of hydrogen-bond acceptors (Lipinski definition) is 10. The van der Waals surface area contributed by atoms with E-state index in [1.807, 2.05) is 0 Å². The van der Waals surface area contributed by atoms with Crippen LogP contribution < -0.4 is 21.7 Å². The number of rotatable bonds is 41. The Hall–Kier alpha value is -2.44. The van der Waals surface area contributed by atoms with E-state index in [9.17, 15) is 33.9 Å². The van der Waals surface area contributed by atoms with Gasteiger partial charge in [-0.1, -0.05) is 84.0 Å². The molecule has 0 heterocycles. The first-order valence-corrected chi connectivity index (χ1v) is 20.9. The first kappa shape index (κ1) is 58.9. The topological polar surface area (TPSA) is 233 Å². The number of carboxylic acids is 2. The van der Waals surface area contributed by atoms with Crippen molar-refractivity contribution in [3.05, 3.63) is 0 Å². The molecule has 0 aromatic carbocycles. The number of aliphatic carboxylic acids is 2. The molecule has 0 fully saturated rings. The zero-order valence-corrected chi connectivity index (χ0v) is 36.7. The maximum absolute atomic E-state index is 12.2. The molecule has 15 nitrogen and oxygen atoms in total. The van der Waals surface area contributed by atoms with E-state index in [-0.39, 0.29) is 76.2 Å². The number of nitrogens with one attached hydrogen (secondary N) is 3. The fraction of sp³-hybridized carbons (Fsp3) is 0.850. The highest BCUT2D eigenvalue weighted by Crippen LogP contribution is 2.12. The second-order valence-electron chi connectivity index (χ2n) is 14.1. The summed E-state index contributed by atoms with van der Waals surface area (Å²) in [6, 6.07) is -1.95. The summed E-state index contributed by atoms with van der Waals surface area (Å²) in [7, 11) is 0. The smallest absolute Gasteiger partial charge is 0.326 e. The summed E-state index contributed by atoms with van der Waals surface area (Å²) in [6.45, 7) is 5.54. The van der Waals surface area contributed by atoms with Crippen LogP contribution in [-0.4, -0.2) is 110 Å². The van der Waals surface area contributed by atoms with Gasteiger partial charge in [0, 0.05) is 58.4 Å². The maximum atomic E-state index is 12.2. The largest absolute Gasteiger partial charge is 0.480 e. The number of carboxylic acid groups (broad SMARTS) is 2. The molecule has 0 aliphatic rings. The molecule has 3 amide bonds. The molecule has 0 aromatic heterocycles. The molecule has 0 aliphatic carbocycles. The van der Waals surface area contributed by atoms with E-state index < -0.39 is 24.0 Å². The number of unbranched alkanes of at least 4 members (excludes halogenated alkanes) is 12. The van der Waals surface area contributed by atoms with Crippen molar-refractivity contribution < 1.29 is 53.2 Å². The number of ketones is 1. The van der Waals surface area contributed by atoms with Crippen LogP contribution in [0.5, 0.6) is 0 Å². The van der Waals surface area contributed by atoms with Crippen LogP contribution in [0.4, 0.5) is 0 Å². The Morgan fingerprint density at radius 1 is 0.491 bits per heavy atom. The highest BCUT2D eigenvalue weighted by Gasteiger charge is 2.21. The number of amides is 3. The number of carbonyl (C=O) groups is 6. The molecule has 57 heavy (non-hydrogen) atoms. The molecule has 0 saturated heterocycles. The van der Waals surface area contributed by atoms with E-state index in [1.54, 1.807) is 0 Å². The summed E-state index contributed by atoms with van der Waals surface area (Å²) in [6.07, 6.45) is 17.6. The van der Waals surface area contributed by atoms with E-state index in [2.05, 4.69) is 22.9 Å². The zero-order valence-electron chi connectivity index (χ0n) is 34.7. The summed E-state index contributed by atoms with van der Waals surface area (Å²) in [5, 5.41) is 26.3. The van der Waals surface area contributed by atoms with Crippen LogP contribution in [0, 0.1) is 0 Å². The Labute approximate surface area is 355 Å². The van der Waals surface area contributed by atoms with Gasteiger partial charge in [0.2, 0.25) is 17.7 Å². The molecule has 0 rings (SSSR count). The first-order chi connectivity index (χ1) is 26.6. The van der Waals surface area contributed by atoms with E-state index in [0.29, 0.717) is 97.7 Å². The van der Waals surface area contributed by atoms with Gasteiger partial charge >= 0.3 is 11.9 Å². The molecule has 0 unspecified atom stereocenters. The van der Waals surface area contributed by atoms with Crippen molar-refractivity contribution >= 4 is 62.4 Å². The van der Waals surface area contributed by atoms with Crippen LogP contribution in [0.3, 0.4) is 0 Å². The van der Waals surface area contributed by atoms with E-state index in [0.717, 1.165) is 25.7 Å². The van der Waals surface area contributed by atoms with Crippen LogP contribution in [-0.2, 0) is 43.0 Å². The fourth-order valence-electron chi connectivity index (χ4n) is 5.64. The normalized spacial score (nSPS) is 11.8. The highest BCUT2D eigenvalue weighted by atomic mass is 32.1. The fourth-order valence-corrected chi connectivity index (χ4v) is 5.64. The zero-order chi connectivity index (χ0) is 40.8. The standard InChI is InChI=1S/C40H74N4O11.2H2S/c1-2-3-4-5-6-7-8-9-10-11-15-20-38(48)44-35(40(51)52)22-24-37(47)43-26-17-28-54-30-32-55-31-29-53-27-16-25-42-36(46)23-21-33(45)18-13-12-14-19-34(41)39(49)50;;/h34-35H,2-32,41H2,1H3,(H,42,46)(H,43,47)(H,44,48)(H,49,50)(H,51,52);2*1H2/t34-,35-;;/m0../s1. The lowest BCUT2D eigenvalue weighted by atomic mass is 10.0. The summed E-state index contributed by atoms with van der Waals surface area (Å²) >= 11 is 0. The molecule has 0 aliphatic heterocycles. The minimum Gasteiger partial charge on any atom is -0.480 e. The average molecular weight is 855 g/mol. The van der Waals surface area contributed by atoms with Crippen molar-refractivity contribution in [1.82, 2.24) is 16.0 Å². The van der Waals surface area contributed by atoms with Gasteiger partial charge in [-0.2, -0.15) is 27.0 Å². The molecule has 2 atom stereocenters. The molecule has 7 N–H and O–H groups in total. The number of nitrogens with two attached hydrogens (primary N) is 1.